The lowest BCUT2D eigenvalue weighted by molar-refractivity contribution is 0.974. The van der Waals surface area contributed by atoms with Crippen LogP contribution in [0.2, 0.25) is 0 Å². The van der Waals surface area contributed by atoms with Crippen LogP contribution < -0.4 is 5.32 Å². The molecule has 0 aliphatic heterocycles. The SMILES string of the molecule is CNc1ncc(C)c(-n2cnc3ccccc32)n1. The molecule has 0 unspecified atom stereocenters. The fourth-order valence-electron chi connectivity index (χ4n) is 1.93. The Morgan fingerprint density at radius 3 is 2.83 bits per heavy atom. The van der Waals surface area contributed by atoms with Crippen LogP contribution in [0.3, 0.4) is 0 Å². The normalized spacial score (nSPS) is 10.8. The van der Waals surface area contributed by atoms with E-state index in [1.807, 2.05) is 42.0 Å². The molecule has 5 heteroatoms. The average molecular weight is 239 g/mol. The summed E-state index contributed by atoms with van der Waals surface area (Å²) in [5.41, 5.74) is 3.01. The first-order chi connectivity index (χ1) is 8.79. The van der Waals surface area contributed by atoms with E-state index >= 15 is 0 Å². The first-order valence-electron chi connectivity index (χ1n) is 5.73. The Kier molecular flexibility index (Phi) is 2.44. The maximum Gasteiger partial charge on any atom is 0.224 e. The Labute approximate surface area is 105 Å². The van der Waals surface area contributed by atoms with Crippen molar-refractivity contribution in [2.24, 2.45) is 0 Å². The summed E-state index contributed by atoms with van der Waals surface area (Å²) < 4.78 is 1.98. The first kappa shape index (κ1) is 10.7. The number of fused-ring (bicyclic) bond motifs is 1. The number of nitrogens with one attached hydrogen (secondary N) is 1. The van der Waals surface area contributed by atoms with Gasteiger partial charge in [-0.1, -0.05) is 12.1 Å². The van der Waals surface area contributed by atoms with Gasteiger partial charge < -0.3 is 5.32 Å². The molecule has 0 saturated carbocycles. The molecular weight excluding hydrogens is 226 g/mol. The van der Waals surface area contributed by atoms with Gasteiger partial charge in [-0.05, 0) is 19.1 Å². The van der Waals surface area contributed by atoms with Crippen LogP contribution in [-0.4, -0.2) is 26.6 Å². The van der Waals surface area contributed by atoms with Crippen molar-refractivity contribution in [3.8, 4) is 5.82 Å². The summed E-state index contributed by atoms with van der Waals surface area (Å²) in [6.07, 6.45) is 3.60. The molecule has 90 valence electrons. The summed E-state index contributed by atoms with van der Waals surface area (Å²) in [4.78, 5) is 13.0. The van der Waals surface area contributed by atoms with Gasteiger partial charge in [-0.3, -0.25) is 4.57 Å². The number of imidazole rings is 1. The van der Waals surface area contributed by atoms with Gasteiger partial charge in [0, 0.05) is 18.8 Å². The number of hydrogen-bond donors (Lipinski definition) is 1. The van der Waals surface area contributed by atoms with Gasteiger partial charge in [-0.15, -0.1) is 0 Å². The summed E-state index contributed by atoms with van der Waals surface area (Å²) in [5, 5.41) is 2.95. The van der Waals surface area contributed by atoms with Gasteiger partial charge in [0.25, 0.3) is 0 Å². The molecule has 0 aliphatic carbocycles. The third kappa shape index (κ3) is 1.60. The quantitative estimate of drug-likeness (QED) is 0.744. The van der Waals surface area contributed by atoms with Crippen molar-refractivity contribution in [3.63, 3.8) is 0 Å². The summed E-state index contributed by atoms with van der Waals surface area (Å²) >= 11 is 0. The van der Waals surface area contributed by atoms with E-state index in [-0.39, 0.29) is 0 Å². The maximum absolute atomic E-state index is 4.48. The number of para-hydroxylation sites is 2. The smallest absolute Gasteiger partial charge is 0.224 e. The molecule has 2 heterocycles. The number of rotatable bonds is 2. The monoisotopic (exact) mass is 239 g/mol. The Morgan fingerprint density at radius 2 is 2.00 bits per heavy atom. The van der Waals surface area contributed by atoms with Crippen LogP contribution in [0.5, 0.6) is 0 Å². The third-order valence-corrected chi connectivity index (χ3v) is 2.85. The molecule has 0 fully saturated rings. The van der Waals surface area contributed by atoms with Crippen molar-refractivity contribution in [2.75, 3.05) is 12.4 Å². The van der Waals surface area contributed by atoms with Gasteiger partial charge in [-0.25, -0.2) is 9.97 Å². The highest BCUT2D eigenvalue weighted by molar-refractivity contribution is 5.77. The molecule has 0 saturated heterocycles. The Balaban J connectivity index is 2.25. The predicted octanol–water partition coefficient (Wildman–Crippen LogP) is 2.17. The van der Waals surface area contributed by atoms with Crippen molar-refractivity contribution >= 4 is 17.0 Å². The average Bonchev–Trinajstić information content (AvgIpc) is 2.83. The third-order valence-electron chi connectivity index (χ3n) is 2.85. The minimum Gasteiger partial charge on any atom is -0.357 e. The second-order valence-corrected chi connectivity index (χ2v) is 4.05. The lowest BCUT2D eigenvalue weighted by Gasteiger charge is -2.08. The molecule has 0 amide bonds. The summed E-state index contributed by atoms with van der Waals surface area (Å²) in [7, 11) is 1.81. The molecule has 0 atom stereocenters. The van der Waals surface area contributed by atoms with Crippen molar-refractivity contribution in [2.45, 2.75) is 6.92 Å². The van der Waals surface area contributed by atoms with Gasteiger partial charge in [0.2, 0.25) is 5.95 Å². The van der Waals surface area contributed by atoms with Crippen molar-refractivity contribution in [3.05, 3.63) is 42.4 Å². The van der Waals surface area contributed by atoms with Crippen LogP contribution in [0.15, 0.2) is 36.8 Å². The van der Waals surface area contributed by atoms with E-state index in [9.17, 15) is 0 Å². The van der Waals surface area contributed by atoms with E-state index in [4.69, 9.17) is 0 Å². The summed E-state index contributed by atoms with van der Waals surface area (Å²) in [6, 6.07) is 7.99. The molecular formula is C13H13N5. The maximum atomic E-state index is 4.48. The molecule has 0 bridgehead atoms. The van der Waals surface area contributed by atoms with Crippen LogP contribution in [0.1, 0.15) is 5.56 Å². The van der Waals surface area contributed by atoms with Gasteiger partial charge in [0.1, 0.15) is 12.1 Å². The fourth-order valence-corrected chi connectivity index (χ4v) is 1.93. The molecule has 18 heavy (non-hydrogen) atoms. The van der Waals surface area contributed by atoms with Crippen molar-refractivity contribution < 1.29 is 0 Å². The summed E-state index contributed by atoms with van der Waals surface area (Å²) in [6.45, 7) is 1.99. The summed E-state index contributed by atoms with van der Waals surface area (Å²) in [5.74, 6) is 1.46. The zero-order valence-corrected chi connectivity index (χ0v) is 10.3. The van der Waals surface area contributed by atoms with Gasteiger partial charge in [0.15, 0.2) is 0 Å². The van der Waals surface area contributed by atoms with Crippen molar-refractivity contribution in [1.29, 1.82) is 0 Å². The van der Waals surface area contributed by atoms with Crippen LogP contribution >= 0.6 is 0 Å². The zero-order valence-electron chi connectivity index (χ0n) is 10.3. The minimum atomic E-state index is 0.605. The number of hydrogen-bond acceptors (Lipinski definition) is 4. The number of anilines is 1. The highest BCUT2D eigenvalue weighted by Gasteiger charge is 2.09. The Hall–Kier alpha value is -2.43. The van der Waals surface area contributed by atoms with Gasteiger partial charge in [-0.2, -0.15) is 4.98 Å². The molecule has 1 aromatic carbocycles. The van der Waals surface area contributed by atoms with E-state index in [0.717, 1.165) is 22.4 Å². The van der Waals surface area contributed by atoms with E-state index in [0.29, 0.717) is 5.95 Å². The van der Waals surface area contributed by atoms with E-state index in [2.05, 4.69) is 20.3 Å². The van der Waals surface area contributed by atoms with Crippen LogP contribution in [0.25, 0.3) is 16.9 Å². The standard InChI is InChI=1S/C13H13N5/c1-9-7-15-13(14-2)17-12(9)18-8-16-10-5-3-4-6-11(10)18/h3-8H,1-2H3,(H,14,15,17). The Bertz CT molecular complexity index is 701. The van der Waals surface area contributed by atoms with E-state index < -0.39 is 0 Å². The highest BCUT2D eigenvalue weighted by Crippen LogP contribution is 2.19. The van der Waals surface area contributed by atoms with E-state index in [1.54, 1.807) is 13.4 Å². The predicted molar refractivity (Wildman–Crippen MR) is 70.9 cm³/mol. The minimum absolute atomic E-state index is 0.605. The molecule has 0 spiro atoms. The molecule has 3 rings (SSSR count). The van der Waals surface area contributed by atoms with Gasteiger partial charge >= 0.3 is 0 Å². The Morgan fingerprint density at radius 1 is 1.17 bits per heavy atom. The van der Waals surface area contributed by atoms with Crippen LogP contribution in [0.4, 0.5) is 5.95 Å². The fraction of sp³-hybridized carbons (Fsp3) is 0.154. The number of aryl methyl sites for hydroxylation is 1. The number of benzene rings is 1. The largest absolute Gasteiger partial charge is 0.357 e. The number of aromatic nitrogens is 4. The highest BCUT2D eigenvalue weighted by atomic mass is 15.2. The second kappa shape index (κ2) is 4.10. The second-order valence-electron chi connectivity index (χ2n) is 4.05. The molecule has 1 N–H and O–H groups in total. The lowest BCUT2D eigenvalue weighted by atomic mass is 10.3. The zero-order chi connectivity index (χ0) is 12.5. The molecule has 3 aromatic rings. The topological polar surface area (TPSA) is 55.6 Å². The van der Waals surface area contributed by atoms with E-state index in [1.165, 1.54) is 0 Å². The number of nitrogens with zero attached hydrogens (tertiary/aromatic N) is 4. The van der Waals surface area contributed by atoms with Gasteiger partial charge in [0.05, 0.1) is 11.0 Å². The molecule has 2 aromatic heterocycles. The molecule has 5 nitrogen and oxygen atoms in total. The van der Waals surface area contributed by atoms with Crippen molar-refractivity contribution in [1.82, 2.24) is 19.5 Å². The molecule has 0 aliphatic rings. The molecule has 0 radical (unpaired) electrons. The van der Waals surface area contributed by atoms with Crippen LogP contribution in [0, 0.1) is 6.92 Å². The first-order valence-corrected chi connectivity index (χ1v) is 5.73. The lowest BCUT2D eigenvalue weighted by Crippen LogP contribution is -2.04. The van der Waals surface area contributed by atoms with Crippen LogP contribution in [-0.2, 0) is 0 Å².